The summed E-state index contributed by atoms with van der Waals surface area (Å²) in [4.78, 5) is 11.7. The predicted octanol–water partition coefficient (Wildman–Crippen LogP) is 5.01. The molecule has 0 aliphatic carbocycles. The molecule has 0 fully saturated rings. The molecule has 1 aromatic heterocycles. The van der Waals surface area contributed by atoms with E-state index in [1.165, 1.54) is 5.56 Å². The number of halogens is 2. The monoisotopic (exact) mass is 369 g/mol. The first-order valence-electron chi connectivity index (χ1n) is 8.26. The Morgan fingerprint density at radius 3 is 2.68 bits per heavy atom. The zero-order valence-corrected chi connectivity index (χ0v) is 15.1. The van der Waals surface area contributed by atoms with Crippen molar-refractivity contribution in [3.05, 3.63) is 81.6 Å². The lowest BCUT2D eigenvalue weighted by Gasteiger charge is -2.28. The first kappa shape index (κ1) is 16.5. The van der Waals surface area contributed by atoms with Crippen LogP contribution in [0.3, 0.4) is 0 Å². The molecule has 0 N–H and O–H groups in total. The second-order valence-electron chi connectivity index (χ2n) is 6.21. The third kappa shape index (κ3) is 3.54. The Kier molecular flexibility index (Phi) is 4.71. The van der Waals surface area contributed by atoms with Gasteiger partial charge in [-0.05, 0) is 11.6 Å². The van der Waals surface area contributed by atoms with E-state index in [4.69, 9.17) is 28.2 Å². The SMILES string of the molecule is Clc1cccc(CN2CCc3nc(-c4ccccc4)ncc3C2)c1Cl. The molecule has 5 heteroatoms. The van der Waals surface area contributed by atoms with Crippen LogP contribution in [0.25, 0.3) is 11.4 Å². The number of aromatic nitrogens is 2. The van der Waals surface area contributed by atoms with Crippen molar-refractivity contribution in [2.24, 2.45) is 0 Å². The Balaban J connectivity index is 1.53. The van der Waals surface area contributed by atoms with Crippen LogP contribution in [0.15, 0.2) is 54.7 Å². The lowest BCUT2D eigenvalue weighted by molar-refractivity contribution is 0.243. The summed E-state index contributed by atoms with van der Waals surface area (Å²) in [6.45, 7) is 2.55. The minimum Gasteiger partial charge on any atom is -0.294 e. The highest BCUT2D eigenvalue weighted by Gasteiger charge is 2.20. The molecule has 0 atom stereocenters. The van der Waals surface area contributed by atoms with Crippen molar-refractivity contribution in [1.29, 1.82) is 0 Å². The topological polar surface area (TPSA) is 29.0 Å². The highest BCUT2D eigenvalue weighted by atomic mass is 35.5. The molecule has 0 amide bonds. The Hall–Kier alpha value is -1.94. The van der Waals surface area contributed by atoms with E-state index < -0.39 is 0 Å². The highest BCUT2D eigenvalue weighted by molar-refractivity contribution is 6.42. The van der Waals surface area contributed by atoms with Gasteiger partial charge in [-0.3, -0.25) is 4.90 Å². The van der Waals surface area contributed by atoms with Gasteiger partial charge in [0.05, 0.1) is 15.7 Å². The van der Waals surface area contributed by atoms with Crippen LogP contribution in [0, 0.1) is 0 Å². The van der Waals surface area contributed by atoms with Crippen LogP contribution >= 0.6 is 23.2 Å². The molecule has 2 heterocycles. The summed E-state index contributed by atoms with van der Waals surface area (Å²) in [6.07, 6.45) is 2.87. The molecule has 0 bridgehead atoms. The molecule has 0 radical (unpaired) electrons. The van der Waals surface area contributed by atoms with E-state index in [0.29, 0.717) is 10.0 Å². The molecule has 4 rings (SSSR count). The summed E-state index contributed by atoms with van der Waals surface area (Å²) < 4.78 is 0. The van der Waals surface area contributed by atoms with Gasteiger partial charge in [0.25, 0.3) is 0 Å². The average molecular weight is 370 g/mol. The molecule has 1 aliphatic rings. The fraction of sp³-hybridized carbons (Fsp3) is 0.200. The molecule has 3 nitrogen and oxygen atoms in total. The fourth-order valence-electron chi connectivity index (χ4n) is 3.15. The molecule has 0 saturated carbocycles. The van der Waals surface area contributed by atoms with Gasteiger partial charge in [-0.1, -0.05) is 65.7 Å². The number of hydrogen-bond acceptors (Lipinski definition) is 3. The van der Waals surface area contributed by atoms with Gasteiger partial charge in [-0.25, -0.2) is 9.97 Å². The largest absolute Gasteiger partial charge is 0.294 e. The van der Waals surface area contributed by atoms with E-state index in [-0.39, 0.29) is 0 Å². The molecule has 0 saturated heterocycles. The first-order chi connectivity index (χ1) is 12.2. The second-order valence-corrected chi connectivity index (χ2v) is 6.99. The maximum Gasteiger partial charge on any atom is 0.159 e. The van der Waals surface area contributed by atoms with E-state index in [2.05, 4.69) is 9.88 Å². The summed E-state index contributed by atoms with van der Waals surface area (Å²) in [6, 6.07) is 15.9. The zero-order valence-electron chi connectivity index (χ0n) is 13.6. The molecule has 2 aromatic carbocycles. The van der Waals surface area contributed by atoms with Crippen LogP contribution in [-0.4, -0.2) is 21.4 Å². The van der Waals surface area contributed by atoms with Crippen LogP contribution in [-0.2, 0) is 19.5 Å². The molecule has 1 aliphatic heterocycles. The molecule has 0 unspecified atom stereocenters. The van der Waals surface area contributed by atoms with E-state index in [9.17, 15) is 0 Å². The van der Waals surface area contributed by atoms with Crippen molar-refractivity contribution in [3.63, 3.8) is 0 Å². The van der Waals surface area contributed by atoms with Crippen molar-refractivity contribution >= 4 is 23.2 Å². The summed E-state index contributed by atoms with van der Waals surface area (Å²) in [5.41, 5.74) is 4.43. The fourth-order valence-corrected chi connectivity index (χ4v) is 3.53. The van der Waals surface area contributed by atoms with Crippen LogP contribution in [0.1, 0.15) is 16.8 Å². The van der Waals surface area contributed by atoms with E-state index in [0.717, 1.165) is 48.7 Å². The highest BCUT2D eigenvalue weighted by Crippen LogP contribution is 2.28. The smallest absolute Gasteiger partial charge is 0.159 e. The van der Waals surface area contributed by atoms with Gasteiger partial charge in [-0.2, -0.15) is 0 Å². The van der Waals surface area contributed by atoms with Crippen LogP contribution < -0.4 is 0 Å². The van der Waals surface area contributed by atoms with Gasteiger partial charge >= 0.3 is 0 Å². The maximum atomic E-state index is 6.32. The first-order valence-corrected chi connectivity index (χ1v) is 9.02. The van der Waals surface area contributed by atoms with Gasteiger partial charge in [0.2, 0.25) is 0 Å². The zero-order chi connectivity index (χ0) is 17.2. The van der Waals surface area contributed by atoms with E-state index in [1.54, 1.807) is 0 Å². The van der Waals surface area contributed by atoms with Crippen molar-refractivity contribution in [2.45, 2.75) is 19.5 Å². The van der Waals surface area contributed by atoms with Crippen molar-refractivity contribution < 1.29 is 0 Å². The number of hydrogen-bond donors (Lipinski definition) is 0. The van der Waals surface area contributed by atoms with Crippen molar-refractivity contribution in [1.82, 2.24) is 14.9 Å². The third-order valence-corrected chi connectivity index (χ3v) is 5.33. The molecule has 3 aromatic rings. The van der Waals surface area contributed by atoms with Crippen LogP contribution in [0.4, 0.5) is 0 Å². The summed E-state index contributed by atoms with van der Waals surface area (Å²) in [7, 11) is 0. The molecular weight excluding hydrogens is 353 g/mol. The Bertz CT molecular complexity index is 897. The van der Waals surface area contributed by atoms with Crippen molar-refractivity contribution in [2.75, 3.05) is 6.54 Å². The van der Waals surface area contributed by atoms with Gasteiger partial charge < -0.3 is 0 Å². The summed E-state index contributed by atoms with van der Waals surface area (Å²) in [5.74, 6) is 0.797. The van der Waals surface area contributed by atoms with Gasteiger partial charge in [0.1, 0.15) is 0 Å². The number of benzene rings is 2. The maximum absolute atomic E-state index is 6.32. The minimum atomic E-state index is 0.604. The molecule has 25 heavy (non-hydrogen) atoms. The predicted molar refractivity (Wildman–Crippen MR) is 102 cm³/mol. The van der Waals surface area contributed by atoms with Gasteiger partial charge in [-0.15, -0.1) is 0 Å². The second kappa shape index (κ2) is 7.12. The number of fused-ring (bicyclic) bond motifs is 1. The molecule has 126 valence electrons. The van der Waals surface area contributed by atoms with Crippen LogP contribution in [0.5, 0.6) is 0 Å². The lowest BCUT2D eigenvalue weighted by atomic mass is 10.1. The Morgan fingerprint density at radius 1 is 1.00 bits per heavy atom. The van der Waals surface area contributed by atoms with Gasteiger partial charge in [0, 0.05) is 43.4 Å². The minimum absolute atomic E-state index is 0.604. The lowest BCUT2D eigenvalue weighted by Crippen LogP contribution is -2.31. The summed E-state index contributed by atoms with van der Waals surface area (Å²) in [5, 5.41) is 1.25. The van der Waals surface area contributed by atoms with E-state index >= 15 is 0 Å². The van der Waals surface area contributed by atoms with E-state index in [1.807, 2.05) is 54.7 Å². The third-order valence-electron chi connectivity index (χ3n) is 4.47. The van der Waals surface area contributed by atoms with Crippen molar-refractivity contribution in [3.8, 4) is 11.4 Å². The molecular formula is C20H17Cl2N3. The average Bonchev–Trinajstić information content (AvgIpc) is 2.66. The van der Waals surface area contributed by atoms with Crippen LogP contribution in [0.2, 0.25) is 10.0 Å². The Morgan fingerprint density at radius 2 is 1.84 bits per heavy atom. The summed E-state index contributed by atoms with van der Waals surface area (Å²) >= 11 is 12.4. The quantitative estimate of drug-likeness (QED) is 0.649. The standard InChI is InChI=1S/C20H17Cl2N3/c21-17-8-4-7-15(19(17)22)12-25-10-9-18-16(13-25)11-23-20(24-18)14-5-2-1-3-6-14/h1-8,11H,9-10,12-13H2. The number of rotatable bonds is 3. The molecule has 0 spiro atoms. The van der Waals surface area contributed by atoms with Gasteiger partial charge in [0.15, 0.2) is 5.82 Å². The normalized spacial score (nSPS) is 14.3. The Labute approximate surface area is 157 Å². The number of nitrogens with zero attached hydrogens (tertiary/aromatic N) is 3.